The Kier molecular flexibility index (Phi) is 4.71. The number of hydrogen-bond acceptors (Lipinski definition) is 6. The number of anilines is 1. The zero-order chi connectivity index (χ0) is 17.9. The van der Waals surface area contributed by atoms with Gasteiger partial charge in [-0.2, -0.15) is 0 Å². The van der Waals surface area contributed by atoms with Gasteiger partial charge < -0.3 is 14.6 Å². The van der Waals surface area contributed by atoms with E-state index in [2.05, 4.69) is 27.4 Å². The second kappa shape index (κ2) is 7.29. The van der Waals surface area contributed by atoms with Crippen molar-refractivity contribution in [2.45, 2.75) is 25.8 Å². The second-order valence-electron chi connectivity index (χ2n) is 6.23. The SMILES string of the molecule is CNc1nc(C(=O)N2CCc3oc(CCc4ccccc4)nc3C2)cs1. The summed E-state index contributed by atoms with van der Waals surface area (Å²) in [5.74, 6) is 1.60. The van der Waals surface area contributed by atoms with E-state index in [9.17, 15) is 4.79 Å². The highest BCUT2D eigenvalue weighted by atomic mass is 32.1. The molecule has 0 radical (unpaired) electrons. The maximum absolute atomic E-state index is 12.6. The zero-order valence-electron chi connectivity index (χ0n) is 14.6. The third-order valence-electron chi connectivity index (χ3n) is 4.47. The van der Waals surface area contributed by atoms with Gasteiger partial charge in [0.25, 0.3) is 5.91 Å². The molecule has 0 atom stereocenters. The number of aromatic nitrogens is 2. The molecule has 3 heterocycles. The summed E-state index contributed by atoms with van der Waals surface area (Å²) in [6.45, 7) is 1.11. The molecule has 0 spiro atoms. The minimum atomic E-state index is -0.0535. The van der Waals surface area contributed by atoms with E-state index in [1.54, 1.807) is 17.3 Å². The number of thiazole rings is 1. The van der Waals surface area contributed by atoms with Gasteiger partial charge in [-0.25, -0.2) is 9.97 Å². The van der Waals surface area contributed by atoms with Gasteiger partial charge in [0.15, 0.2) is 11.0 Å². The number of carbonyl (C=O) groups is 1. The van der Waals surface area contributed by atoms with Crippen LogP contribution in [0.1, 0.15) is 33.4 Å². The summed E-state index contributed by atoms with van der Waals surface area (Å²) in [4.78, 5) is 23.4. The Morgan fingerprint density at radius 2 is 2.12 bits per heavy atom. The third kappa shape index (κ3) is 3.48. The lowest BCUT2D eigenvalue weighted by atomic mass is 10.1. The van der Waals surface area contributed by atoms with Crippen LogP contribution >= 0.6 is 11.3 Å². The monoisotopic (exact) mass is 368 g/mol. The first-order chi connectivity index (χ1) is 12.7. The number of benzene rings is 1. The fraction of sp³-hybridized carbons (Fsp3) is 0.316. The van der Waals surface area contributed by atoms with Crippen LogP contribution in [-0.2, 0) is 25.8 Å². The molecule has 1 N–H and O–H groups in total. The van der Waals surface area contributed by atoms with Gasteiger partial charge >= 0.3 is 0 Å². The highest BCUT2D eigenvalue weighted by Gasteiger charge is 2.27. The summed E-state index contributed by atoms with van der Waals surface area (Å²) in [7, 11) is 1.80. The number of aryl methyl sites for hydroxylation is 2. The number of nitrogens with one attached hydrogen (secondary N) is 1. The van der Waals surface area contributed by atoms with Crippen LogP contribution in [-0.4, -0.2) is 34.4 Å². The van der Waals surface area contributed by atoms with Crippen LogP contribution in [0.3, 0.4) is 0 Å². The van der Waals surface area contributed by atoms with Crippen LogP contribution < -0.4 is 5.32 Å². The second-order valence-corrected chi connectivity index (χ2v) is 7.09. The van der Waals surface area contributed by atoms with E-state index in [4.69, 9.17) is 4.42 Å². The summed E-state index contributed by atoms with van der Waals surface area (Å²) in [5, 5.41) is 5.50. The predicted molar refractivity (Wildman–Crippen MR) is 100 cm³/mol. The highest BCUT2D eigenvalue weighted by molar-refractivity contribution is 7.13. The molecule has 0 saturated carbocycles. The minimum absolute atomic E-state index is 0.0535. The molecule has 3 aromatic rings. The van der Waals surface area contributed by atoms with Crippen molar-refractivity contribution in [3.8, 4) is 0 Å². The normalized spacial score (nSPS) is 13.5. The molecule has 1 aliphatic rings. The number of nitrogens with zero attached hydrogens (tertiary/aromatic N) is 3. The van der Waals surface area contributed by atoms with Gasteiger partial charge in [0.1, 0.15) is 17.1 Å². The summed E-state index contributed by atoms with van der Waals surface area (Å²) in [5.41, 5.74) is 2.62. The lowest BCUT2D eigenvalue weighted by molar-refractivity contribution is 0.0723. The van der Waals surface area contributed by atoms with Gasteiger partial charge in [-0.3, -0.25) is 4.79 Å². The van der Waals surface area contributed by atoms with Crippen molar-refractivity contribution in [1.82, 2.24) is 14.9 Å². The molecule has 2 aromatic heterocycles. The van der Waals surface area contributed by atoms with Gasteiger partial charge in [0, 0.05) is 31.8 Å². The molecular weight excluding hydrogens is 348 g/mol. The molecule has 134 valence electrons. The molecule has 6 nitrogen and oxygen atoms in total. The first-order valence-corrected chi connectivity index (χ1v) is 9.55. The van der Waals surface area contributed by atoms with Crippen LogP contribution in [0.2, 0.25) is 0 Å². The molecule has 0 bridgehead atoms. The standard InChI is InChI=1S/C19H20N4O2S/c1-20-19-22-15(12-26-19)18(24)23-10-9-16-14(11-23)21-17(25-16)8-7-13-5-3-2-4-6-13/h2-6,12H,7-11H2,1H3,(H,20,22). The van der Waals surface area contributed by atoms with E-state index in [-0.39, 0.29) is 5.91 Å². The van der Waals surface area contributed by atoms with Crippen molar-refractivity contribution >= 4 is 22.4 Å². The lowest BCUT2D eigenvalue weighted by Crippen LogP contribution is -2.36. The van der Waals surface area contributed by atoms with Crippen LogP contribution in [0.4, 0.5) is 5.13 Å². The topological polar surface area (TPSA) is 71.3 Å². The van der Waals surface area contributed by atoms with Crippen molar-refractivity contribution in [3.05, 3.63) is 64.3 Å². The molecule has 7 heteroatoms. The number of oxazole rings is 1. The molecule has 1 amide bonds. The molecule has 0 aliphatic carbocycles. The van der Waals surface area contributed by atoms with Gasteiger partial charge in [-0.1, -0.05) is 30.3 Å². The van der Waals surface area contributed by atoms with Crippen molar-refractivity contribution < 1.29 is 9.21 Å². The van der Waals surface area contributed by atoms with E-state index in [0.717, 1.165) is 35.3 Å². The summed E-state index contributed by atoms with van der Waals surface area (Å²) in [6, 6.07) is 10.3. The molecular formula is C19H20N4O2S. The largest absolute Gasteiger partial charge is 0.445 e. The van der Waals surface area contributed by atoms with Gasteiger partial charge in [-0.05, 0) is 12.0 Å². The Balaban J connectivity index is 1.42. The van der Waals surface area contributed by atoms with E-state index >= 15 is 0 Å². The average molecular weight is 368 g/mol. The third-order valence-corrected chi connectivity index (χ3v) is 5.33. The molecule has 0 saturated heterocycles. The van der Waals surface area contributed by atoms with Crippen LogP contribution in [0, 0.1) is 0 Å². The lowest BCUT2D eigenvalue weighted by Gasteiger charge is -2.24. The average Bonchev–Trinajstić information content (AvgIpc) is 3.32. The Labute approximate surface area is 155 Å². The van der Waals surface area contributed by atoms with Crippen molar-refractivity contribution in [1.29, 1.82) is 0 Å². The Hall–Kier alpha value is -2.67. The molecule has 4 rings (SSSR count). The van der Waals surface area contributed by atoms with E-state index < -0.39 is 0 Å². The molecule has 1 aromatic carbocycles. The number of fused-ring (bicyclic) bond motifs is 1. The van der Waals surface area contributed by atoms with Gasteiger partial charge in [0.05, 0.1) is 6.54 Å². The fourth-order valence-corrected chi connectivity index (χ4v) is 3.72. The minimum Gasteiger partial charge on any atom is -0.445 e. The van der Waals surface area contributed by atoms with Gasteiger partial charge in [-0.15, -0.1) is 11.3 Å². The summed E-state index contributed by atoms with van der Waals surface area (Å²) in [6.07, 6.45) is 2.36. The first-order valence-electron chi connectivity index (χ1n) is 8.67. The van der Waals surface area contributed by atoms with E-state index in [1.807, 2.05) is 18.2 Å². The maximum atomic E-state index is 12.6. The highest BCUT2D eigenvalue weighted by Crippen LogP contribution is 2.23. The Morgan fingerprint density at radius 3 is 2.88 bits per heavy atom. The maximum Gasteiger partial charge on any atom is 0.273 e. The van der Waals surface area contributed by atoms with Crippen LogP contribution in [0.25, 0.3) is 0 Å². The van der Waals surface area contributed by atoms with Crippen molar-refractivity contribution in [2.24, 2.45) is 0 Å². The van der Waals surface area contributed by atoms with E-state index in [1.165, 1.54) is 16.9 Å². The number of carbonyl (C=O) groups excluding carboxylic acids is 1. The fourth-order valence-electron chi connectivity index (χ4n) is 3.08. The zero-order valence-corrected chi connectivity index (χ0v) is 15.4. The Bertz CT molecular complexity index is 903. The quantitative estimate of drug-likeness (QED) is 0.749. The van der Waals surface area contributed by atoms with Crippen LogP contribution in [0.5, 0.6) is 0 Å². The number of rotatable bonds is 5. The number of amides is 1. The first kappa shape index (κ1) is 16.8. The smallest absolute Gasteiger partial charge is 0.273 e. The predicted octanol–water partition coefficient (Wildman–Crippen LogP) is 3.16. The van der Waals surface area contributed by atoms with Crippen LogP contribution in [0.15, 0.2) is 40.1 Å². The Morgan fingerprint density at radius 1 is 1.27 bits per heavy atom. The molecule has 0 unspecified atom stereocenters. The van der Waals surface area contributed by atoms with Crippen molar-refractivity contribution in [3.63, 3.8) is 0 Å². The molecule has 0 fully saturated rings. The summed E-state index contributed by atoms with van der Waals surface area (Å²) < 4.78 is 5.91. The van der Waals surface area contributed by atoms with Gasteiger partial charge in [0.2, 0.25) is 0 Å². The number of hydrogen-bond donors (Lipinski definition) is 1. The summed E-state index contributed by atoms with van der Waals surface area (Å²) >= 11 is 1.43. The molecule has 1 aliphatic heterocycles. The van der Waals surface area contributed by atoms with E-state index in [0.29, 0.717) is 25.2 Å². The van der Waals surface area contributed by atoms with Crippen molar-refractivity contribution in [2.75, 3.05) is 18.9 Å². The molecule has 26 heavy (non-hydrogen) atoms.